The van der Waals surface area contributed by atoms with E-state index in [0.717, 1.165) is 29.2 Å². The first-order chi connectivity index (χ1) is 16.5. The van der Waals surface area contributed by atoms with Gasteiger partial charge in [0.05, 0.1) is 11.8 Å². The molecule has 0 radical (unpaired) electrons. The van der Waals surface area contributed by atoms with Crippen LogP contribution in [-0.4, -0.2) is 29.3 Å². The van der Waals surface area contributed by atoms with E-state index in [-0.39, 0.29) is 6.04 Å². The Bertz CT molecular complexity index is 1340. The molecule has 0 aromatic heterocycles. The molecule has 5 nitrogen and oxygen atoms in total. The quantitative estimate of drug-likeness (QED) is 0.541. The number of rotatable bonds is 2. The first-order valence-electron chi connectivity index (χ1n) is 12.0. The van der Waals surface area contributed by atoms with Gasteiger partial charge in [0.1, 0.15) is 18.1 Å². The Kier molecular flexibility index (Phi) is 4.83. The highest BCUT2D eigenvalue weighted by atomic mass is 19.1. The van der Waals surface area contributed by atoms with E-state index < -0.39 is 36.3 Å². The SMILES string of the molecule is CC(c1cccc2ccccc12)[N+]1=Cc2c(F)cccc2[B-]12OC(=O)[C@@H]1CCCC[C@H]1C(=O)O2. The summed E-state index contributed by atoms with van der Waals surface area (Å²) >= 11 is 0. The number of hydrogen-bond donors (Lipinski definition) is 0. The Morgan fingerprint density at radius 3 is 2.29 bits per heavy atom. The van der Waals surface area contributed by atoms with Gasteiger partial charge in [0, 0.05) is 11.1 Å². The molecule has 1 unspecified atom stereocenters. The molecule has 3 aromatic rings. The highest BCUT2D eigenvalue weighted by Gasteiger charge is 2.61. The van der Waals surface area contributed by atoms with Crippen LogP contribution in [0.2, 0.25) is 0 Å². The number of carbonyl (C=O) groups excluding carboxylic acids is 2. The van der Waals surface area contributed by atoms with Crippen molar-refractivity contribution in [3.8, 4) is 0 Å². The molecule has 1 aliphatic carbocycles. The minimum atomic E-state index is -2.75. The van der Waals surface area contributed by atoms with E-state index >= 15 is 0 Å². The molecule has 0 bridgehead atoms. The first kappa shape index (κ1) is 21.1. The van der Waals surface area contributed by atoms with Gasteiger partial charge in [-0.3, -0.25) is 9.59 Å². The fourth-order valence-electron chi connectivity index (χ4n) is 6.05. The average molecular weight is 457 g/mol. The maximum Gasteiger partial charge on any atom is 0.684 e. The second-order valence-electron chi connectivity index (χ2n) is 9.61. The van der Waals surface area contributed by atoms with Gasteiger partial charge in [-0.25, -0.2) is 4.39 Å². The lowest BCUT2D eigenvalue weighted by Gasteiger charge is -2.35. The summed E-state index contributed by atoms with van der Waals surface area (Å²) in [7, 11) is 0. The number of fused-ring (bicyclic) bond motifs is 4. The molecule has 1 saturated heterocycles. The molecule has 3 aliphatic rings. The van der Waals surface area contributed by atoms with Crippen molar-refractivity contribution in [2.24, 2.45) is 11.8 Å². The normalized spacial score (nSPS) is 24.0. The number of benzene rings is 3. The summed E-state index contributed by atoms with van der Waals surface area (Å²) in [5, 5.41) is 2.10. The molecule has 0 N–H and O–H groups in total. The fourth-order valence-corrected chi connectivity index (χ4v) is 6.05. The predicted molar refractivity (Wildman–Crippen MR) is 127 cm³/mol. The molecule has 2 aliphatic heterocycles. The monoisotopic (exact) mass is 457 g/mol. The van der Waals surface area contributed by atoms with Crippen molar-refractivity contribution in [2.45, 2.75) is 38.6 Å². The summed E-state index contributed by atoms with van der Waals surface area (Å²) in [5.74, 6) is -2.35. The minimum absolute atomic E-state index is 0.292. The Hall–Kier alpha value is -3.48. The molecule has 1 saturated carbocycles. The van der Waals surface area contributed by atoms with Crippen molar-refractivity contribution in [2.75, 3.05) is 0 Å². The summed E-state index contributed by atoms with van der Waals surface area (Å²) in [6.45, 7) is -0.790. The van der Waals surface area contributed by atoms with E-state index in [2.05, 4.69) is 0 Å². The Balaban J connectivity index is 1.54. The van der Waals surface area contributed by atoms with E-state index in [1.54, 1.807) is 22.8 Å². The maximum absolute atomic E-state index is 15.0. The van der Waals surface area contributed by atoms with Gasteiger partial charge in [-0.1, -0.05) is 67.4 Å². The van der Waals surface area contributed by atoms with E-state index in [4.69, 9.17) is 9.31 Å². The van der Waals surface area contributed by atoms with Crippen LogP contribution in [0.5, 0.6) is 0 Å². The summed E-state index contributed by atoms with van der Waals surface area (Å²) in [5.41, 5.74) is 1.66. The zero-order valence-corrected chi connectivity index (χ0v) is 18.9. The predicted octanol–water partition coefficient (Wildman–Crippen LogP) is 4.24. The van der Waals surface area contributed by atoms with E-state index in [1.165, 1.54) is 6.07 Å². The van der Waals surface area contributed by atoms with Crippen LogP contribution in [0.15, 0.2) is 60.7 Å². The van der Waals surface area contributed by atoms with Crippen LogP contribution in [0.25, 0.3) is 10.8 Å². The molecule has 172 valence electrons. The second-order valence-corrected chi connectivity index (χ2v) is 9.61. The lowest BCUT2D eigenvalue weighted by molar-refractivity contribution is -0.466. The largest absolute Gasteiger partial charge is 0.684 e. The van der Waals surface area contributed by atoms with Gasteiger partial charge in [0.25, 0.3) is 11.9 Å². The van der Waals surface area contributed by atoms with Crippen molar-refractivity contribution >= 4 is 41.1 Å². The first-order valence-corrected chi connectivity index (χ1v) is 12.0. The molecule has 1 spiro atoms. The minimum Gasteiger partial charge on any atom is -0.592 e. The molecule has 3 atom stereocenters. The zero-order valence-electron chi connectivity index (χ0n) is 18.9. The number of nitrogens with zero attached hydrogens (tertiary/aromatic N) is 1. The topological polar surface area (TPSA) is 55.6 Å². The van der Waals surface area contributed by atoms with Gasteiger partial charge in [-0.15, -0.1) is 0 Å². The van der Waals surface area contributed by atoms with Crippen molar-refractivity contribution < 1.29 is 27.8 Å². The third-order valence-corrected chi connectivity index (χ3v) is 7.79. The molecule has 7 heteroatoms. The third-order valence-electron chi connectivity index (χ3n) is 7.79. The highest BCUT2D eigenvalue weighted by Crippen LogP contribution is 2.39. The third kappa shape index (κ3) is 3.02. The van der Waals surface area contributed by atoms with Gasteiger partial charge in [-0.2, -0.15) is 0 Å². The van der Waals surface area contributed by atoms with Gasteiger partial charge in [0.2, 0.25) is 0 Å². The highest BCUT2D eigenvalue weighted by molar-refractivity contribution is 6.79. The fraction of sp³-hybridized carbons (Fsp3) is 0.296. The zero-order chi connectivity index (χ0) is 23.4. The van der Waals surface area contributed by atoms with Gasteiger partial charge >= 0.3 is 6.69 Å². The molecule has 2 heterocycles. The number of hydrogen-bond acceptors (Lipinski definition) is 4. The Morgan fingerprint density at radius 1 is 0.912 bits per heavy atom. The maximum atomic E-state index is 15.0. The number of halogens is 1. The van der Waals surface area contributed by atoms with E-state index in [0.29, 0.717) is 23.9 Å². The summed E-state index contributed by atoms with van der Waals surface area (Å²) < 4.78 is 29.1. The van der Waals surface area contributed by atoms with Crippen molar-refractivity contribution in [3.05, 3.63) is 77.6 Å². The molecule has 6 rings (SSSR count). The van der Waals surface area contributed by atoms with Crippen LogP contribution in [0.4, 0.5) is 4.39 Å². The van der Waals surface area contributed by atoms with Crippen LogP contribution in [0, 0.1) is 17.7 Å². The van der Waals surface area contributed by atoms with Crippen LogP contribution in [-0.2, 0) is 18.9 Å². The Labute approximate surface area is 197 Å². The molecule has 34 heavy (non-hydrogen) atoms. The second kappa shape index (κ2) is 7.79. The standard InChI is InChI=1S/C27H25BFNO4/c1-17(19-13-6-9-18-8-2-3-10-20(18)19)30-16-23-24(14-7-15-25(23)29)28(30)33-26(31)21-11-4-5-12-22(21)27(32)34-28/h2-3,6-10,13-17,21-22H,4-5,11-12H2,1H3/t17?,21-,22-/m1/s1. The van der Waals surface area contributed by atoms with Crippen LogP contribution in [0.3, 0.4) is 0 Å². The average Bonchev–Trinajstić information content (AvgIpc) is 3.12. The molecule has 2 fully saturated rings. The van der Waals surface area contributed by atoms with Crippen LogP contribution in [0.1, 0.15) is 49.8 Å². The molecular weight excluding hydrogens is 432 g/mol. The van der Waals surface area contributed by atoms with Gasteiger partial charge < -0.3 is 13.8 Å². The van der Waals surface area contributed by atoms with Crippen molar-refractivity contribution in [3.63, 3.8) is 0 Å². The number of carbonyl (C=O) groups is 2. The van der Waals surface area contributed by atoms with Crippen LogP contribution >= 0.6 is 0 Å². The van der Waals surface area contributed by atoms with Gasteiger partial charge in [0.15, 0.2) is 0 Å². The summed E-state index contributed by atoms with van der Waals surface area (Å²) in [4.78, 5) is 26.8. The van der Waals surface area contributed by atoms with E-state index in [1.807, 2.05) is 49.4 Å². The van der Waals surface area contributed by atoms with E-state index in [9.17, 15) is 14.0 Å². The van der Waals surface area contributed by atoms with Gasteiger partial charge in [-0.05, 0) is 42.1 Å². The lowest BCUT2D eigenvalue weighted by Crippen LogP contribution is -2.62. The lowest BCUT2D eigenvalue weighted by atomic mass is 9.62. The smallest absolute Gasteiger partial charge is 0.592 e. The summed E-state index contributed by atoms with van der Waals surface area (Å²) in [6.07, 6.45) is 4.59. The Morgan fingerprint density at radius 2 is 1.56 bits per heavy atom. The molecule has 3 aromatic carbocycles. The van der Waals surface area contributed by atoms with Crippen molar-refractivity contribution in [1.29, 1.82) is 0 Å². The van der Waals surface area contributed by atoms with Crippen molar-refractivity contribution in [1.82, 2.24) is 0 Å². The molecule has 0 amide bonds. The molecular formula is C27H25BFNO4. The van der Waals surface area contributed by atoms with Crippen LogP contribution < -0.4 is 5.46 Å². The summed E-state index contributed by atoms with van der Waals surface area (Å²) in [6, 6.07) is 18.3.